The zero-order valence-electron chi connectivity index (χ0n) is 11.5. The van der Waals surface area contributed by atoms with Crippen molar-refractivity contribution in [2.75, 3.05) is 0 Å². The molecular formula is C16H16O3S. The lowest BCUT2D eigenvalue weighted by atomic mass is 10.1. The summed E-state index contributed by atoms with van der Waals surface area (Å²) >= 11 is 0. The molecule has 0 amide bonds. The Labute approximate surface area is 119 Å². The van der Waals surface area contributed by atoms with Gasteiger partial charge < -0.3 is 0 Å². The summed E-state index contributed by atoms with van der Waals surface area (Å²) in [6.45, 7) is 3.68. The van der Waals surface area contributed by atoms with Gasteiger partial charge >= 0.3 is 0 Å². The first-order valence-electron chi connectivity index (χ1n) is 6.40. The second kappa shape index (κ2) is 5.59. The topological polar surface area (TPSA) is 51.2 Å². The average molecular weight is 288 g/mol. The smallest absolute Gasteiger partial charge is 0.206 e. The molecule has 0 aliphatic carbocycles. The van der Waals surface area contributed by atoms with Gasteiger partial charge in [0.05, 0.1) is 9.79 Å². The number of Topliss-reactive ketones (excluding diaryl/α,β-unsaturated/α-hetero) is 1. The van der Waals surface area contributed by atoms with Gasteiger partial charge in [0.1, 0.15) is 0 Å². The molecule has 2 aromatic carbocycles. The molecule has 0 fully saturated rings. The van der Waals surface area contributed by atoms with Gasteiger partial charge in [-0.15, -0.1) is 0 Å². The van der Waals surface area contributed by atoms with Crippen LogP contribution in [0.15, 0.2) is 58.3 Å². The van der Waals surface area contributed by atoms with Crippen molar-refractivity contribution in [3.05, 3.63) is 59.7 Å². The van der Waals surface area contributed by atoms with Crippen molar-refractivity contribution in [2.24, 2.45) is 0 Å². The SMILES string of the molecule is CCC(=O)c1ccc(S(=O)(=O)c2ccc(C)cc2)cc1. The van der Waals surface area contributed by atoms with E-state index in [0.29, 0.717) is 12.0 Å². The van der Waals surface area contributed by atoms with Gasteiger partial charge in [0, 0.05) is 12.0 Å². The van der Waals surface area contributed by atoms with Crippen molar-refractivity contribution in [2.45, 2.75) is 30.1 Å². The van der Waals surface area contributed by atoms with Crippen molar-refractivity contribution in [1.82, 2.24) is 0 Å². The van der Waals surface area contributed by atoms with Crippen LogP contribution in [0.3, 0.4) is 0 Å². The normalized spacial score (nSPS) is 11.3. The van der Waals surface area contributed by atoms with E-state index < -0.39 is 9.84 Å². The number of rotatable bonds is 4. The van der Waals surface area contributed by atoms with E-state index in [-0.39, 0.29) is 15.6 Å². The molecule has 20 heavy (non-hydrogen) atoms. The Morgan fingerprint density at radius 2 is 1.35 bits per heavy atom. The maximum absolute atomic E-state index is 12.4. The molecule has 0 bridgehead atoms. The fourth-order valence-electron chi connectivity index (χ4n) is 1.88. The first-order valence-corrected chi connectivity index (χ1v) is 7.88. The van der Waals surface area contributed by atoms with E-state index >= 15 is 0 Å². The first kappa shape index (κ1) is 14.5. The third-order valence-corrected chi connectivity index (χ3v) is 4.92. The Kier molecular flexibility index (Phi) is 4.04. The van der Waals surface area contributed by atoms with Gasteiger partial charge in [0.15, 0.2) is 5.78 Å². The van der Waals surface area contributed by atoms with Gasteiger partial charge in [-0.1, -0.05) is 36.8 Å². The third-order valence-electron chi connectivity index (χ3n) is 3.14. The zero-order valence-corrected chi connectivity index (χ0v) is 12.3. The number of hydrogen-bond donors (Lipinski definition) is 0. The summed E-state index contributed by atoms with van der Waals surface area (Å²) in [4.78, 5) is 12.0. The number of carbonyl (C=O) groups is 1. The number of aryl methyl sites for hydroxylation is 1. The number of hydrogen-bond acceptors (Lipinski definition) is 3. The summed E-state index contributed by atoms with van der Waals surface area (Å²) in [7, 11) is -3.52. The third kappa shape index (κ3) is 2.80. The summed E-state index contributed by atoms with van der Waals surface area (Å²) in [6.07, 6.45) is 0.407. The van der Waals surface area contributed by atoms with Crippen LogP contribution in [0.2, 0.25) is 0 Å². The predicted molar refractivity (Wildman–Crippen MR) is 77.7 cm³/mol. The van der Waals surface area contributed by atoms with E-state index in [1.165, 1.54) is 12.1 Å². The maximum Gasteiger partial charge on any atom is 0.206 e. The molecule has 0 heterocycles. The fourth-order valence-corrected chi connectivity index (χ4v) is 3.14. The highest BCUT2D eigenvalue weighted by atomic mass is 32.2. The van der Waals surface area contributed by atoms with Gasteiger partial charge in [-0.2, -0.15) is 0 Å². The van der Waals surface area contributed by atoms with Crippen LogP contribution in [-0.2, 0) is 9.84 Å². The van der Waals surface area contributed by atoms with Crippen molar-refractivity contribution in [3.8, 4) is 0 Å². The van der Waals surface area contributed by atoms with Crippen molar-refractivity contribution >= 4 is 15.6 Å². The van der Waals surface area contributed by atoms with Gasteiger partial charge in [-0.3, -0.25) is 4.79 Å². The second-order valence-corrected chi connectivity index (χ2v) is 6.57. The maximum atomic E-state index is 12.4. The van der Waals surface area contributed by atoms with Crippen LogP contribution in [0, 0.1) is 6.92 Å². The highest BCUT2D eigenvalue weighted by Gasteiger charge is 2.17. The highest BCUT2D eigenvalue weighted by Crippen LogP contribution is 2.21. The van der Waals surface area contributed by atoms with Crippen molar-refractivity contribution in [1.29, 1.82) is 0 Å². The number of benzene rings is 2. The minimum absolute atomic E-state index is 0.00397. The molecule has 0 atom stereocenters. The van der Waals surface area contributed by atoms with E-state index in [0.717, 1.165) is 5.56 Å². The summed E-state index contributed by atoms with van der Waals surface area (Å²) in [5.41, 5.74) is 1.54. The van der Waals surface area contributed by atoms with Crippen LogP contribution in [0.25, 0.3) is 0 Å². The molecule has 3 nitrogen and oxygen atoms in total. The molecule has 0 N–H and O–H groups in total. The van der Waals surface area contributed by atoms with E-state index in [1.54, 1.807) is 43.3 Å². The molecule has 2 rings (SSSR count). The Balaban J connectivity index is 2.40. The monoisotopic (exact) mass is 288 g/mol. The van der Waals surface area contributed by atoms with Gasteiger partial charge in [-0.25, -0.2) is 8.42 Å². The summed E-state index contributed by atoms with van der Waals surface area (Å²) in [5, 5.41) is 0. The predicted octanol–water partition coefficient (Wildman–Crippen LogP) is 3.42. The Bertz CT molecular complexity index is 711. The van der Waals surface area contributed by atoms with Crippen molar-refractivity contribution in [3.63, 3.8) is 0 Å². The van der Waals surface area contributed by atoms with Crippen LogP contribution in [0.4, 0.5) is 0 Å². The quantitative estimate of drug-likeness (QED) is 0.810. The van der Waals surface area contributed by atoms with E-state index in [4.69, 9.17) is 0 Å². The standard InChI is InChI=1S/C16H16O3S/c1-3-16(17)13-6-10-15(11-7-13)20(18,19)14-8-4-12(2)5-9-14/h4-11H,3H2,1-2H3. The lowest BCUT2D eigenvalue weighted by Gasteiger charge is -2.06. The van der Waals surface area contributed by atoms with Crippen molar-refractivity contribution < 1.29 is 13.2 Å². The van der Waals surface area contributed by atoms with E-state index in [9.17, 15) is 13.2 Å². The molecule has 104 valence electrons. The fraction of sp³-hybridized carbons (Fsp3) is 0.188. The molecule has 0 saturated heterocycles. The summed E-state index contributed by atoms with van der Waals surface area (Å²) in [5.74, 6) is 0.00397. The van der Waals surface area contributed by atoms with Gasteiger partial charge in [0.25, 0.3) is 0 Å². The zero-order chi connectivity index (χ0) is 14.8. The minimum atomic E-state index is -3.52. The molecule has 0 radical (unpaired) electrons. The van der Waals surface area contributed by atoms with E-state index in [1.807, 2.05) is 6.92 Å². The lowest BCUT2D eigenvalue weighted by molar-refractivity contribution is 0.0988. The highest BCUT2D eigenvalue weighted by molar-refractivity contribution is 7.91. The first-order chi connectivity index (χ1) is 9.45. The molecule has 0 aliphatic rings. The van der Waals surface area contributed by atoms with Crippen LogP contribution in [0.5, 0.6) is 0 Å². The molecule has 0 saturated carbocycles. The average Bonchev–Trinajstić information content (AvgIpc) is 2.47. The van der Waals surface area contributed by atoms with Gasteiger partial charge in [0.2, 0.25) is 9.84 Å². The molecule has 0 unspecified atom stereocenters. The molecule has 4 heteroatoms. The molecule has 0 spiro atoms. The molecule has 0 aliphatic heterocycles. The number of carbonyl (C=O) groups excluding carboxylic acids is 1. The Morgan fingerprint density at radius 3 is 1.80 bits per heavy atom. The van der Waals surface area contributed by atoms with Crippen LogP contribution in [0.1, 0.15) is 29.3 Å². The molecule has 2 aromatic rings. The van der Waals surface area contributed by atoms with Gasteiger partial charge in [-0.05, 0) is 31.2 Å². The lowest BCUT2D eigenvalue weighted by Crippen LogP contribution is -2.03. The Hall–Kier alpha value is -1.94. The van der Waals surface area contributed by atoms with Crippen LogP contribution >= 0.6 is 0 Å². The minimum Gasteiger partial charge on any atom is -0.294 e. The second-order valence-electron chi connectivity index (χ2n) is 4.62. The number of ketones is 1. The largest absolute Gasteiger partial charge is 0.294 e. The summed E-state index contributed by atoms with van der Waals surface area (Å²) in [6, 6.07) is 12.8. The molecule has 0 aromatic heterocycles. The van der Waals surface area contributed by atoms with E-state index in [2.05, 4.69) is 0 Å². The molecular weight excluding hydrogens is 272 g/mol. The Morgan fingerprint density at radius 1 is 0.900 bits per heavy atom. The van der Waals surface area contributed by atoms with Crippen LogP contribution in [-0.4, -0.2) is 14.2 Å². The number of sulfone groups is 1. The van der Waals surface area contributed by atoms with Crippen LogP contribution < -0.4 is 0 Å². The summed E-state index contributed by atoms with van der Waals surface area (Å²) < 4.78 is 24.8.